The van der Waals surface area contributed by atoms with Crippen LogP contribution in [0.15, 0.2) is 18.2 Å². The molecule has 0 amide bonds. The number of nitrogens with zero attached hydrogens (tertiary/aromatic N) is 1. The Morgan fingerprint density at radius 2 is 1.95 bits per heavy atom. The van der Waals surface area contributed by atoms with Gasteiger partial charge in [0, 0.05) is 19.3 Å². The van der Waals surface area contributed by atoms with Gasteiger partial charge in [0.1, 0.15) is 9.84 Å². The average molecular weight is 285 g/mol. The summed E-state index contributed by atoms with van der Waals surface area (Å²) >= 11 is 0. The lowest BCUT2D eigenvalue weighted by atomic mass is 10.0. The van der Waals surface area contributed by atoms with Gasteiger partial charge in [-0.05, 0) is 32.0 Å². The molecule has 0 saturated carbocycles. The fourth-order valence-electron chi connectivity index (χ4n) is 2.01. The van der Waals surface area contributed by atoms with Crippen LogP contribution in [0.2, 0.25) is 0 Å². The van der Waals surface area contributed by atoms with Gasteiger partial charge < -0.3 is 10.0 Å². The maximum Gasteiger partial charge on any atom is 0.148 e. The highest BCUT2D eigenvalue weighted by atomic mass is 32.2. The molecule has 0 fully saturated rings. The SMILES string of the molecule is Cc1ccc(C(O)CN(C)CCS(C)(=O)=O)c(C)c1. The first-order chi connectivity index (χ1) is 8.69. The van der Waals surface area contributed by atoms with E-state index in [1.165, 1.54) is 11.8 Å². The lowest BCUT2D eigenvalue weighted by Crippen LogP contribution is -2.29. The van der Waals surface area contributed by atoms with Crippen molar-refractivity contribution in [2.45, 2.75) is 20.0 Å². The van der Waals surface area contributed by atoms with Crippen molar-refractivity contribution in [3.05, 3.63) is 34.9 Å². The Morgan fingerprint density at radius 1 is 1.32 bits per heavy atom. The van der Waals surface area contributed by atoms with E-state index in [4.69, 9.17) is 0 Å². The normalized spacial score (nSPS) is 13.8. The third-order valence-corrected chi connectivity index (χ3v) is 4.04. The highest BCUT2D eigenvalue weighted by molar-refractivity contribution is 7.90. The van der Waals surface area contributed by atoms with E-state index < -0.39 is 15.9 Å². The van der Waals surface area contributed by atoms with Gasteiger partial charge in [0.05, 0.1) is 11.9 Å². The Morgan fingerprint density at radius 3 is 2.47 bits per heavy atom. The minimum atomic E-state index is -2.96. The minimum Gasteiger partial charge on any atom is -0.387 e. The van der Waals surface area contributed by atoms with Gasteiger partial charge >= 0.3 is 0 Å². The standard InChI is InChI=1S/C14H23NO3S/c1-11-5-6-13(12(2)9-11)14(16)10-15(3)7-8-19(4,17)18/h5-6,9,14,16H,7-8,10H2,1-4H3. The second-order valence-corrected chi connectivity index (χ2v) is 7.53. The van der Waals surface area contributed by atoms with Crippen LogP contribution in [-0.4, -0.2) is 50.6 Å². The molecule has 5 heteroatoms. The van der Waals surface area contributed by atoms with Crippen LogP contribution in [0.5, 0.6) is 0 Å². The molecule has 108 valence electrons. The Labute approximate surface area is 116 Å². The third-order valence-electron chi connectivity index (χ3n) is 3.11. The van der Waals surface area contributed by atoms with Crippen LogP contribution >= 0.6 is 0 Å². The smallest absolute Gasteiger partial charge is 0.148 e. The van der Waals surface area contributed by atoms with Gasteiger partial charge in [0.15, 0.2) is 0 Å². The molecule has 0 aromatic heterocycles. The average Bonchev–Trinajstić information content (AvgIpc) is 2.25. The van der Waals surface area contributed by atoms with Crippen LogP contribution in [0.3, 0.4) is 0 Å². The van der Waals surface area contributed by atoms with Gasteiger partial charge in [-0.15, -0.1) is 0 Å². The number of aryl methyl sites for hydroxylation is 2. The summed E-state index contributed by atoms with van der Waals surface area (Å²) in [7, 11) is -1.14. The van der Waals surface area contributed by atoms with Crippen LogP contribution in [0.25, 0.3) is 0 Å². The molecular weight excluding hydrogens is 262 g/mol. The summed E-state index contributed by atoms with van der Waals surface area (Å²) in [6, 6.07) is 5.94. The summed E-state index contributed by atoms with van der Waals surface area (Å²) in [5.41, 5.74) is 3.12. The maximum absolute atomic E-state index is 11.1. The summed E-state index contributed by atoms with van der Waals surface area (Å²) in [6.45, 7) is 4.85. The zero-order valence-electron chi connectivity index (χ0n) is 12.0. The lowest BCUT2D eigenvalue weighted by Gasteiger charge is -2.21. The summed E-state index contributed by atoms with van der Waals surface area (Å²) < 4.78 is 22.2. The van der Waals surface area contributed by atoms with Gasteiger partial charge in [0.2, 0.25) is 0 Å². The molecule has 0 radical (unpaired) electrons. The van der Waals surface area contributed by atoms with Crippen molar-refractivity contribution in [1.82, 2.24) is 4.90 Å². The summed E-state index contributed by atoms with van der Waals surface area (Å²) in [5.74, 6) is 0.114. The van der Waals surface area contributed by atoms with Gasteiger partial charge in [-0.25, -0.2) is 8.42 Å². The molecule has 0 saturated heterocycles. The van der Waals surface area contributed by atoms with Crippen molar-refractivity contribution in [1.29, 1.82) is 0 Å². The minimum absolute atomic E-state index is 0.114. The van der Waals surface area contributed by atoms with E-state index in [0.29, 0.717) is 13.1 Å². The molecule has 1 atom stereocenters. The van der Waals surface area contributed by atoms with Gasteiger partial charge in [-0.1, -0.05) is 23.8 Å². The van der Waals surface area contributed by atoms with Crippen molar-refractivity contribution in [2.24, 2.45) is 0 Å². The fraction of sp³-hybridized carbons (Fsp3) is 0.571. The van der Waals surface area contributed by atoms with Crippen molar-refractivity contribution in [2.75, 3.05) is 32.1 Å². The molecule has 0 aliphatic heterocycles. The molecule has 1 aromatic carbocycles. The molecule has 4 nitrogen and oxygen atoms in total. The van der Waals surface area contributed by atoms with E-state index >= 15 is 0 Å². The van der Waals surface area contributed by atoms with Crippen LogP contribution < -0.4 is 0 Å². The molecule has 1 aromatic rings. The van der Waals surface area contributed by atoms with Crippen molar-refractivity contribution >= 4 is 9.84 Å². The van der Waals surface area contributed by atoms with Crippen LogP contribution in [0.1, 0.15) is 22.8 Å². The van der Waals surface area contributed by atoms with Crippen molar-refractivity contribution in [3.63, 3.8) is 0 Å². The number of aliphatic hydroxyl groups is 1. The molecule has 0 heterocycles. The molecule has 1 unspecified atom stereocenters. The van der Waals surface area contributed by atoms with Crippen LogP contribution in [0.4, 0.5) is 0 Å². The molecule has 0 spiro atoms. The number of aliphatic hydroxyl groups excluding tert-OH is 1. The van der Waals surface area contributed by atoms with Crippen molar-refractivity contribution < 1.29 is 13.5 Å². The molecular formula is C14H23NO3S. The number of likely N-dealkylation sites (N-methyl/N-ethyl adjacent to an activating group) is 1. The number of hydrogen-bond acceptors (Lipinski definition) is 4. The zero-order chi connectivity index (χ0) is 14.6. The summed E-state index contributed by atoms with van der Waals surface area (Å²) in [5, 5.41) is 10.2. The largest absolute Gasteiger partial charge is 0.387 e. The van der Waals surface area contributed by atoms with E-state index in [0.717, 1.165) is 11.1 Å². The van der Waals surface area contributed by atoms with E-state index in [9.17, 15) is 13.5 Å². The second kappa shape index (κ2) is 6.50. The maximum atomic E-state index is 11.1. The molecule has 1 rings (SSSR count). The molecule has 0 aliphatic carbocycles. The van der Waals surface area contributed by atoms with Crippen molar-refractivity contribution in [3.8, 4) is 0 Å². The zero-order valence-corrected chi connectivity index (χ0v) is 12.9. The lowest BCUT2D eigenvalue weighted by molar-refractivity contribution is 0.129. The first-order valence-corrected chi connectivity index (χ1v) is 8.36. The molecule has 0 bridgehead atoms. The van der Waals surface area contributed by atoms with Crippen LogP contribution in [-0.2, 0) is 9.84 Å². The first-order valence-electron chi connectivity index (χ1n) is 6.30. The van der Waals surface area contributed by atoms with Gasteiger partial charge in [-0.3, -0.25) is 0 Å². The Bertz CT molecular complexity index is 525. The highest BCUT2D eigenvalue weighted by Gasteiger charge is 2.14. The van der Waals surface area contributed by atoms with E-state index in [2.05, 4.69) is 0 Å². The predicted octanol–water partition coefficient (Wildman–Crippen LogP) is 1.31. The van der Waals surface area contributed by atoms with E-state index in [1.807, 2.05) is 44.0 Å². The monoisotopic (exact) mass is 285 g/mol. The number of sulfone groups is 1. The number of rotatable bonds is 6. The van der Waals surface area contributed by atoms with Gasteiger partial charge in [-0.2, -0.15) is 0 Å². The quantitative estimate of drug-likeness (QED) is 0.856. The predicted molar refractivity (Wildman–Crippen MR) is 78.1 cm³/mol. The van der Waals surface area contributed by atoms with E-state index in [-0.39, 0.29) is 5.75 Å². The number of hydrogen-bond donors (Lipinski definition) is 1. The Kier molecular flexibility index (Phi) is 5.52. The van der Waals surface area contributed by atoms with Gasteiger partial charge in [0.25, 0.3) is 0 Å². The number of benzene rings is 1. The van der Waals surface area contributed by atoms with E-state index in [1.54, 1.807) is 0 Å². The third kappa shape index (κ3) is 5.72. The summed E-state index contributed by atoms with van der Waals surface area (Å²) in [6.07, 6.45) is 0.631. The Balaban J connectivity index is 2.61. The highest BCUT2D eigenvalue weighted by Crippen LogP contribution is 2.19. The Hall–Kier alpha value is -0.910. The summed E-state index contributed by atoms with van der Waals surface area (Å²) in [4.78, 5) is 1.84. The fourth-order valence-corrected chi connectivity index (χ4v) is 2.65. The molecule has 19 heavy (non-hydrogen) atoms. The molecule has 1 N–H and O–H groups in total. The first kappa shape index (κ1) is 16.1. The topological polar surface area (TPSA) is 57.6 Å². The second-order valence-electron chi connectivity index (χ2n) is 5.27. The molecule has 0 aliphatic rings. The van der Waals surface area contributed by atoms with Crippen LogP contribution in [0, 0.1) is 13.8 Å².